The van der Waals surface area contributed by atoms with Gasteiger partial charge in [0.05, 0.1) is 13.0 Å². The van der Waals surface area contributed by atoms with Crippen molar-refractivity contribution >= 4 is 47.2 Å². The van der Waals surface area contributed by atoms with Crippen molar-refractivity contribution in [3.8, 4) is 0 Å². The Labute approximate surface area is 154 Å². The smallest absolute Gasteiger partial charge is 0.310 e. The SMILES string of the molecule is CN=C(NCC(C)C(=O)OC)NCC(C)(C)c1cccs1.I. The number of thiophene rings is 1. The number of hydrogen-bond acceptors (Lipinski definition) is 4. The Hall–Kier alpha value is -0.830. The van der Waals surface area contributed by atoms with E-state index in [1.165, 1.54) is 12.0 Å². The van der Waals surface area contributed by atoms with E-state index in [4.69, 9.17) is 4.74 Å². The summed E-state index contributed by atoms with van der Waals surface area (Å²) >= 11 is 1.75. The molecule has 0 spiro atoms. The Balaban J connectivity index is 0.00000441. The topological polar surface area (TPSA) is 62.7 Å². The van der Waals surface area contributed by atoms with Gasteiger partial charge in [0.15, 0.2) is 5.96 Å². The van der Waals surface area contributed by atoms with Crippen LogP contribution in [0.2, 0.25) is 0 Å². The second-order valence-electron chi connectivity index (χ2n) is 5.59. The lowest BCUT2D eigenvalue weighted by Gasteiger charge is -2.25. The zero-order valence-corrected chi connectivity index (χ0v) is 17.0. The van der Waals surface area contributed by atoms with Crippen LogP contribution >= 0.6 is 35.3 Å². The summed E-state index contributed by atoms with van der Waals surface area (Å²) < 4.78 is 4.70. The van der Waals surface area contributed by atoms with Crippen molar-refractivity contribution < 1.29 is 9.53 Å². The van der Waals surface area contributed by atoms with E-state index < -0.39 is 0 Å². The summed E-state index contributed by atoms with van der Waals surface area (Å²) in [5.41, 5.74) is 0.0275. The molecule has 0 radical (unpaired) electrons. The fourth-order valence-electron chi connectivity index (χ4n) is 1.81. The summed E-state index contributed by atoms with van der Waals surface area (Å²) in [6.07, 6.45) is 0. The lowest BCUT2D eigenvalue weighted by molar-refractivity contribution is -0.144. The zero-order chi connectivity index (χ0) is 15.9. The van der Waals surface area contributed by atoms with Gasteiger partial charge in [-0.2, -0.15) is 0 Å². The lowest BCUT2D eigenvalue weighted by Crippen LogP contribution is -2.45. The van der Waals surface area contributed by atoms with Gasteiger partial charge < -0.3 is 15.4 Å². The van der Waals surface area contributed by atoms with Gasteiger partial charge >= 0.3 is 5.97 Å². The molecular formula is C15H26IN3O2S. The standard InChI is InChI=1S/C15H25N3O2S.HI/c1-11(13(19)20-5)9-17-14(16-4)18-10-15(2,3)12-7-6-8-21-12;/h6-8,11H,9-10H2,1-5H3,(H2,16,17,18);1H. The molecule has 0 aliphatic heterocycles. The molecule has 1 aromatic heterocycles. The maximum atomic E-state index is 11.4. The lowest BCUT2D eigenvalue weighted by atomic mass is 9.91. The fraction of sp³-hybridized carbons (Fsp3) is 0.600. The quantitative estimate of drug-likeness (QED) is 0.310. The van der Waals surface area contributed by atoms with Crippen LogP contribution in [-0.4, -0.2) is 39.2 Å². The molecule has 22 heavy (non-hydrogen) atoms. The Bertz CT molecular complexity index is 475. The number of nitrogens with zero attached hydrogens (tertiary/aromatic N) is 1. The van der Waals surface area contributed by atoms with E-state index in [0.29, 0.717) is 12.5 Å². The predicted octanol–water partition coefficient (Wildman–Crippen LogP) is 2.62. The van der Waals surface area contributed by atoms with E-state index in [2.05, 4.69) is 47.0 Å². The number of aliphatic imine (C=N–C) groups is 1. The number of methoxy groups -OCH3 is 1. The van der Waals surface area contributed by atoms with E-state index in [9.17, 15) is 4.79 Å². The number of carbonyl (C=O) groups is 1. The largest absolute Gasteiger partial charge is 0.469 e. The molecule has 0 amide bonds. The second kappa shape index (κ2) is 10.0. The molecule has 0 aliphatic rings. The molecule has 1 unspecified atom stereocenters. The number of nitrogens with one attached hydrogen (secondary N) is 2. The summed E-state index contributed by atoms with van der Waals surface area (Å²) in [4.78, 5) is 16.9. The van der Waals surface area contributed by atoms with Crippen LogP contribution in [0.15, 0.2) is 22.5 Å². The maximum Gasteiger partial charge on any atom is 0.310 e. The van der Waals surface area contributed by atoms with Gasteiger partial charge in [0, 0.05) is 30.4 Å². The minimum absolute atomic E-state index is 0. The normalized spacial score (nSPS) is 13.0. The van der Waals surface area contributed by atoms with Crippen LogP contribution < -0.4 is 10.6 Å². The van der Waals surface area contributed by atoms with Crippen molar-refractivity contribution in [2.45, 2.75) is 26.2 Å². The number of carbonyl (C=O) groups excluding carboxylic acids is 1. The number of guanidine groups is 1. The third kappa shape index (κ3) is 6.51. The van der Waals surface area contributed by atoms with Crippen LogP contribution in [0, 0.1) is 5.92 Å². The van der Waals surface area contributed by atoms with E-state index in [1.54, 1.807) is 18.4 Å². The Morgan fingerprint density at radius 3 is 2.64 bits per heavy atom. The number of ether oxygens (including phenoxy) is 1. The Morgan fingerprint density at radius 2 is 2.14 bits per heavy atom. The highest BCUT2D eigenvalue weighted by atomic mass is 127. The maximum absolute atomic E-state index is 11.4. The molecule has 0 saturated heterocycles. The minimum Gasteiger partial charge on any atom is -0.469 e. The average Bonchev–Trinajstić information content (AvgIpc) is 3.01. The van der Waals surface area contributed by atoms with E-state index in [1.807, 2.05) is 6.92 Å². The van der Waals surface area contributed by atoms with Gasteiger partial charge in [-0.1, -0.05) is 26.8 Å². The number of rotatable bonds is 6. The van der Waals surface area contributed by atoms with Gasteiger partial charge in [0.25, 0.3) is 0 Å². The molecular weight excluding hydrogens is 413 g/mol. The third-order valence-corrected chi connectivity index (χ3v) is 4.52. The summed E-state index contributed by atoms with van der Waals surface area (Å²) in [6.45, 7) is 7.46. The molecule has 1 heterocycles. The number of halogens is 1. The van der Waals surface area contributed by atoms with Crippen molar-refractivity contribution in [2.24, 2.45) is 10.9 Å². The van der Waals surface area contributed by atoms with Crippen LogP contribution in [-0.2, 0) is 14.9 Å². The minimum atomic E-state index is -0.225. The van der Waals surface area contributed by atoms with Gasteiger partial charge in [-0.25, -0.2) is 0 Å². The summed E-state index contributed by atoms with van der Waals surface area (Å²) in [5.74, 6) is 0.256. The number of hydrogen-bond donors (Lipinski definition) is 2. The van der Waals surface area contributed by atoms with Crippen LogP contribution in [0.1, 0.15) is 25.6 Å². The zero-order valence-electron chi connectivity index (χ0n) is 13.8. The van der Waals surface area contributed by atoms with Gasteiger partial charge in [-0.15, -0.1) is 35.3 Å². The third-order valence-electron chi connectivity index (χ3n) is 3.29. The van der Waals surface area contributed by atoms with Crippen LogP contribution in [0.25, 0.3) is 0 Å². The molecule has 126 valence electrons. The summed E-state index contributed by atoms with van der Waals surface area (Å²) in [7, 11) is 3.12. The van der Waals surface area contributed by atoms with Gasteiger partial charge in [0.1, 0.15) is 0 Å². The van der Waals surface area contributed by atoms with Crippen molar-refractivity contribution in [2.75, 3.05) is 27.2 Å². The molecule has 5 nitrogen and oxygen atoms in total. The molecule has 1 aromatic rings. The Kier molecular flexibility index (Phi) is 9.66. The molecule has 0 saturated carbocycles. The van der Waals surface area contributed by atoms with E-state index in [-0.39, 0.29) is 41.3 Å². The van der Waals surface area contributed by atoms with Crippen molar-refractivity contribution in [3.63, 3.8) is 0 Å². The molecule has 0 aromatic carbocycles. The molecule has 0 aliphatic carbocycles. The average molecular weight is 439 g/mol. The molecule has 2 N–H and O–H groups in total. The monoisotopic (exact) mass is 439 g/mol. The van der Waals surface area contributed by atoms with Gasteiger partial charge in [-0.3, -0.25) is 9.79 Å². The summed E-state index contributed by atoms with van der Waals surface area (Å²) in [5, 5.41) is 8.53. The highest BCUT2D eigenvalue weighted by Crippen LogP contribution is 2.26. The Morgan fingerprint density at radius 1 is 1.45 bits per heavy atom. The first kappa shape index (κ1) is 21.2. The number of esters is 1. The van der Waals surface area contributed by atoms with E-state index in [0.717, 1.165) is 6.54 Å². The van der Waals surface area contributed by atoms with Crippen LogP contribution in [0.5, 0.6) is 0 Å². The van der Waals surface area contributed by atoms with Crippen molar-refractivity contribution in [3.05, 3.63) is 22.4 Å². The van der Waals surface area contributed by atoms with Crippen molar-refractivity contribution in [1.29, 1.82) is 0 Å². The molecule has 1 atom stereocenters. The van der Waals surface area contributed by atoms with Crippen LogP contribution in [0.3, 0.4) is 0 Å². The highest BCUT2D eigenvalue weighted by Gasteiger charge is 2.22. The van der Waals surface area contributed by atoms with Gasteiger partial charge in [-0.05, 0) is 11.4 Å². The predicted molar refractivity (Wildman–Crippen MR) is 103 cm³/mol. The first-order chi connectivity index (χ1) is 9.90. The molecule has 7 heteroatoms. The second-order valence-corrected chi connectivity index (χ2v) is 6.54. The van der Waals surface area contributed by atoms with Crippen LogP contribution in [0.4, 0.5) is 0 Å². The van der Waals surface area contributed by atoms with Crippen molar-refractivity contribution in [1.82, 2.24) is 10.6 Å². The van der Waals surface area contributed by atoms with E-state index >= 15 is 0 Å². The molecule has 1 rings (SSSR count). The summed E-state index contributed by atoms with van der Waals surface area (Å²) in [6, 6.07) is 4.20. The molecule has 0 bridgehead atoms. The van der Waals surface area contributed by atoms with Gasteiger partial charge in [0.2, 0.25) is 0 Å². The fourth-order valence-corrected chi connectivity index (χ4v) is 2.66. The first-order valence-corrected chi connectivity index (χ1v) is 7.85. The first-order valence-electron chi connectivity index (χ1n) is 6.97. The highest BCUT2D eigenvalue weighted by molar-refractivity contribution is 14.0. The molecule has 0 fully saturated rings.